The minimum atomic E-state index is -4.46. The molecule has 0 aromatic carbocycles. The maximum Gasteiger partial charge on any atom is 0.422 e. The summed E-state index contributed by atoms with van der Waals surface area (Å²) in [6.45, 7) is 1.72. The molecule has 5 nitrogen and oxygen atoms in total. The molecule has 148 valence electrons. The quantitative estimate of drug-likeness (QED) is 0.823. The van der Waals surface area contributed by atoms with Crippen LogP contribution in [-0.4, -0.2) is 54.8 Å². The zero-order valence-electron chi connectivity index (χ0n) is 14.1. The summed E-state index contributed by atoms with van der Waals surface area (Å²) in [7, 11) is 0. The lowest BCUT2D eigenvalue weighted by Gasteiger charge is -2.38. The third kappa shape index (κ3) is 5.37. The lowest BCUT2D eigenvalue weighted by atomic mass is 9.78. The summed E-state index contributed by atoms with van der Waals surface area (Å²) in [5.74, 6) is -0.490. The van der Waals surface area contributed by atoms with Crippen LogP contribution in [-0.2, 0) is 0 Å². The van der Waals surface area contributed by atoms with Crippen LogP contribution in [0, 0.1) is 5.41 Å². The van der Waals surface area contributed by atoms with Crippen LogP contribution in [0.2, 0.25) is 0 Å². The van der Waals surface area contributed by atoms with Crippen molar-refractivity contribution in [1.29, 1.82) is 0 Å². The molecule has 0 saturated carbocycles. The van der Waals surface area contributed by atoms with Gasteiger partial charge in [-0.2, -0.15) is 13.2 Å². The molecule has 2 fully saturated rings. The summed E-state index contributed by atoms with van der Waals surface area (Å²) in [4.78, 5) is 18.2. The first-order valence-corrected chi connectivity index (χ1v) is 8.03. The highest BCUT2D eigenvalue weighted by molar-refractivity contribution is 5.95. The molecule has 1 amide bonds. The molecule has 2 aliphatic heterocycles. The highest BCUT2D eigenvalue weighted by atomic mass is 35.5. The van der Waals surface area contributed by atoms with Crippen LogP contribution in [0.3, 0.4) is 0 Å². The second-order valence-corrected chi connectivity index (χ2v) is 6.47. The molecule has 26 heavy (non-hydrogen) atoms. The van der Waals surface area contributed by atoms with Crippen LogP contribution < -0.4 is 10.1 Å². The van der Waals surface area contributed by atoms with Crippen molar-refractivity contribution in [3.63, 3.8) is 0 Å². The van der Waals surface area contributed by atoms with Crippen LogP contribution in [0.1, 0.15) is 29.8 Å². The molecule has 0 radical (unpaired) electrons. The molecule has 1 spiro atoms. The highest BCUT2D eigenvalue weighted by Gasteiger charge is 2.39. The van der Waals surface area contributed by atoms with Gasteiger partial charge in [-0.05, 0) is 43.4 Å². The summed E-state index contributed by atoms with van der Waals surface area (Å²) in [6.07, 6.45) is -0.156. The van der Waals surface area contributed by atoms with E-state index in [1.165, 1.54) is 18.3 Å². The van der Waals surface area contributed by atoms with E-state index in [0.717, 1.165) is 32.4 Å². The van der Waals surface area contributed by atoms with E-state index in [9.17, 15) is 18.0 Å². The van der Waals surface area contributed by atoms with Crippen molar-refractivity contribution >= 4 is 30.7 Å². The first-order chi connectivity index (χ1) is 11.4. The zero-order valence-corrected chi connectivity index (χ0v) is 15.7. The van der Waals surface area contributed by atoms with E-state index in [0.29, 0.717) is 13.1 Å². The molecular weight excluding hydrogens is 394 g/mol. The first-order valence-electron chi connectivity index (χ1n) is 8.03. The van der Waals surface area contributed by atoms with Crippen molar-refractivity contribution < 1.29 is 22.7 Å². The van der Waals surface area contributed by atoms with Gasteiger partial charge in [0.05, 0.1) is 0 Å². The number of carbonyl (C=O) groups is 1. The van der Waals surface area contributed by atoms with Gasteiger partial charge < -0.3 is 15.0 Å². The van der Waals surface area contributed by atoms with Crippen LogP contribution in [0.15, 0.2) is 18.3 Å². The molecule has 1 N–H and O–H groups in total. The summed E-state index contributed by atoms with van der Waals surface area (Å²) >= 11 is 0. The Kier molecular flexibility index (Phi) is 7.98. The van der Waals surface area contributed by atoms with E-state index >= 15 is 0 Å². The van der Waals surface area contributed by atoms with Crippen molar-refractivity contribution in [3.05, 3.63) is 24.0 Å². The van der Waals surface area contributed by atoms with Crippen LogP contribution in [0.4, 0.5) is 13.2 Å². The number of piperidine rings is 1. The number of pyridine rings is 1. The standard InChI is InChI=1S/C16H20F3N3O2.2ClH/c17-16(18,19)11-24-12-2-1-6-21-13(12)14(23)22-8-4-15(5-9-22)3-7-20-10-15;;/h1-2,6,20H,3-5,7-11H2;2*1H. The lowest BCUT2D eigenvalue weighted by molar-refractivity contribution is -0.153. The number of likely N-dealkylation sites (tertiary alicyclic amines) is 1. The molecule has 0 unspecified atom stereocenters. The first kappa shape index (κ1) is 22.8. The molecule has 2 aliphatic rings. The number of nitrogens with zero attached hydrogens (tertiary/aromatic N) is 2. The number of hydrogen-bond acceptors (Lipinski definition) is 4. The lowest BCUT2D eigenvalue weighted by Crippen LogP contribution is -2.44. The number of nitrogens with one attached hydrogen (secondary N) is 1. The average molecular weight is 416 g/mol. The second-order valence-electron chi connectivity index (χ2n) is 6.47. The Morgan fingerprint density at radius 1 is 1.27 bits per heavy atom. The topological polar surface area (TPSA) is 54.5 Å². The maximum absolute atomic E-state index is 12.6. The molecule has 0 aliphatic carbocycles. The van der Waals surface area contributed by atoms with Crippen molar-refractivity contribution in [3.8, 4) is 5.75 Å². The fourth-order valence-corrected chi connectivity index (χ4v) is 3.38. The van der Waals surface area contributed by atoms with E-state index in [1.807, 2.05) is 0 Å². The molecule has 10 heteroatoms. The van der Waals surface area contributed by atoms with Gasteiger partial charge in [-0.3, -0.25) is 4.79 Å². The number of halogens is 5. The molecule has 1 aromatic heterocycles. The van der Waals surface area contributed by atoms with E-state index in [4.69, 9.17) is 4.74 Å². The molecule has 1 aromatic rings. The fraction of sp³-hybridized carbons (Fsp3) is 0.625. The zero-order chi connectivity index (χ0) is 17.2. The van der Waals surface area contributed by atoms with Crippen molar-refractivity contribution in [1.82, 2.24) is 15.2 Å². The van der Waals surface area contributed by atoms with Crippen molar-refractivity contribution in [2.24, 2.45) is 5.41 Å². The van der Waals surface area contributed by atoms with Gasteiger partial charge in [0.2, 0.25) is 0 Å². The van der Waals surface area contributed by atoms with E-state index in [2.05, 4.69) is 10.3 Å². The number of aromatic nitrogens is 1. The van der Waals surface area contributed by atoms with Crippen LogP contribution >= 0.6 is 24.8 Å². The van der Waals surface area contributed by atoms with Crippen molar-refractivity contribution in [2.75, 3.05) is 32.8 Å². The van der Waals surface area contributed by atoms with Gasteiger partial charge in [-0.1, -0.05) is 0 Å². The van der Waals surface area contributed by atoms with E-state index < -0.39 is 12.8 Å². The van der Waals surface area contributed by atoms with Gasteiger partial charge in [0.1, 0.15) is 0 Å². The summed E-state index contributed by atoms with van der Waals surface area (Å²) < 4.78 is 41.8. The normalized spacial score (nSPS) is 18.8. The Bertz CT molecular complexity index is 601. The molecule has 0 atom stereocenters. The summed E-state index contributed by atoms with van der Waals surface area (Å²) in [6, 6.07) is 2.80. The number of carbonyl (C=O) groups excluding carboxylic acids is 1. The molecule has 3 rings (SSSR count). The Hall–Kier alpha value is -1.25. The van der Waals surface area contributed by atoms with Gasteiger partial charge in [0.15, 0.2) is 18.1 Å². The van der Waals surface area contributed by atoms with Crippen molar-refractivity contribution in [2.45, 2.75) is 25.4 Å². The maximum atomic E-state index is 12.6. The monoisotopic (exact) mass is 415 g/mol. The van der Waals surface area contributed by atoms with Gasteiger partial charge in [-0.25, -0.2) is 4.98 Å². The minimum absolute atomic E-state index is 0. The average Bonchev–Trinajstić information content (AvgIpc) is 3.01. The number of rotatable bonds is 3. The SMILES string of the molecule is Cl.Cl.O=C(c1ncccc1OCC(F)(F)F)N1CCC2(CCNC2)CC1. The summed E-state index contributed by atoms with van der Waals surface area (Å²) in [5.41, 5.74) is 0.207. The highest BCUT2D eigenvalue weighted by Crippen LogP contribution is 2.37. The fourth-order valence-electron chi connectivity index (χ4n) is 3.38. The number of alkyl halides is 3. The van der Waals surface area contributed by atoms with Gasteiger partial charge in [0.25, 0.3) is 5.91 Å². The molecule has 2 saturated heterocycles. The van der Waals surface area contributed by atoms with Crippen LogP contribution in [0.25, 0.3) is 0 Å². The Morgan fingerprint density at radius 2 is 1.96 bits per heavy atom. The smallest absolute Gasteiger partial charge is 0.422 e. The predicted octanol–water partition coefficient (Wildman–Crippen LogP) is 3.08. The number of amides is 1. The molecule has 3 heterocycles. The number of ether oxygens (including phenoxy) is 1. The number of hydrogen-bond donors (Lipinski definition) is 1. The molecular formula is C16H22Cl2F3N3O2. The third-order valence-corrected chi connectivity index (χ3v) is 4.81. The molecule has 0 bridgehead atoms. The Labute approximate surface area is 162 Å². The van der Waals surface area contributed by atoms with Gasteiger partial charge >= 0.3 is 6.18 Å². The van der Waals surface area contributed by atoms with Gasteiger partial charge in [-0.15, -0.1) is 24.8 Å². The summed E-state index contributed by atoms with van der Waals surface area (Å²) in [5, 5.41) is 3.36. The van der Waals surface area contributed by atoms with E-state index in [1.54, 1.807) is 4.90 Å². The predicted molar refractivity (Wildman–Crippen MR) is 95.3 cm³/mol. The Morgan fingerprint density at radius 3 is 2.54 bits per heavy atom. The van der Waals surface area contributed by atoms with E-state index in [-0.39, 0.29) is 47.6 Å². The Balaban J connectivity index is 0.00000169. The second kappa shape index (κ2) is 9.10. The van der Waals surface area contributed by atoms with Gasteiger partial charge in [0, 0.05) is 25.8 Å². The third-order valence-electron chi connectivity index (χ3n) is 4.81. The largest absolute Gasteiger partial charge is 0.482 e. The minimum Gasteiger partial charge on any atom is -0.482 e. The van der Waals surface area contributed by atoms with Crippen LogP contribution in [0.5, 0.6) is 5.75 Å².